The fraction of sp³-hybridized carbons (Fsp3) is 0.389. The van der Waals surface area contributed by atoms with Crippen molar-refractivity contribution in [2.24, 2.45) is 0 Å². The van der Waals surface area contributed by atoms with Gasteiger partial charge in [0.1, 0.15) is 42.0 Å². The average molecular weight is 709 g/mol. The standard InChI is InChI=1S/C36H39BrFN3O6/c1-22(42)40-20-26-17-31(24-4-9-28(10-5-24)46-12-13-47-34-16-25(38)6-11-32(34)37)35(33(21-40)39-26)36(43)41(27-7-8-27)19-23-14-29(44-2)18-30(15-23)45-3/h4-6,9-11,14-16,18,26-27,33,39H,7-8,12-13,17,19-21H2,1-3H3/t26-,33-/m1/s1. The highest BCUT2D eigenvalue weighted by atomic mass is 79.9. The summed E-state index contributed by atoms with van der Waals surface area (Å²) in [6.07, 6.45) is 2.51. The van der Waals surface area contributed by atoms with E-state index >= 15 is 0 Å². The largest absolute Gasteiger partial charge is 0.497 e. The molecular weight excluding hydrogens is 669 g/mol. The molecule has 3 aromatic carbocycles. The minimum absolute atomic E-state index is 0.00881. The highest BCUT2D eigenvalue weighted by molar-refractivity contribution is 9.10. The molecule has 2 fully saturated rings. The van der Waals surface area contributed by atoms with Crippen molar-refractivity contribution < 1.29 is 32.9 Å². The van der Waals surface area contributed by atoms with Gasteiger partial charge in [-0.15, -0.1) is 0 Å². The molecule has 9 nitrogen and oxygen atoms in total. The van der Waals surface area contributed by atoms with Gasteiger partial charge in [0.05, 0.1) is 24.7 Å². The number of piperazine rings is 1. The molecule has 2 bridgehead atoms. The Kier molecular flexibility index (Phi) is 10.0. The predicted molar refractivity (Wildman–Crippen MR) is 179 cm³/mol. The maximum absolute atomic E-state index is 14.7. The number of hydrogen-bond donors (Lipinski definition) is 1. The first-order valence-corrected chi connectivity index (χ1v) is 16.6. The third-order valence-corrected chi connectivity index (χ3v) is 9.45. The van der Waals surface area contributed by atoms with Crippen LogP contribution in [0, 0.1) is 5.82 Å². The van der Waals surface area contributed by atoms with Gasteiger partial charge in [0.25, 0.3) is 5.91 Å². The second-order valence-electron chi connectivity index (χ2n) is 12.1. The number of rotatable bonds is 12. The number of benzene rings is 3. The molecule has 0 spiro atoms. The summed E-state index contributed by atoms with van der Waals surface area (Å²) in [6, 6.07) is 17.6. The molecule has 248 valence electrons. The Labute approximate surface area is 282 Å². The molecule has 0 unspecified atom stereocenters. The molecule has 1 saturated heterocycles. The molecule has 0 aromatic heterocycles. The van der Waals surface area contributed by atoms with Crippen LogP contribution >= 0.6 is 15.9 Å². The maximum atomic E-state index is 14.7. The summed E-state index contributed by atoms with van der Waals surface area (Å²) in [4.78, 5) is 30.9. The quantitative estimate of drug-likeness (QED) is 0.245. The van der Waals surface area contributed by atoms with E-state index in [1.54, 1.807) is 27.2 Å². The zero-order valence-corrected chi connectivity index (χ0v) is 28.3. The Bertz CT molecular complexity index is 1640. The molecule has 2 heterocycles. The molecule has 2 aliphatic heterocycles. The van der Waals surface area contributed by atoms with Gasteiger partial charge in [-0.3, -0.25) is 9.59 Å². The molecule has 3 aromatic rings. The van der Waals surface area contributed by atoms with Crippen LogP contribution in [0.3, 0.4) is 0 Å². The van der Waals surface area contributed by atoms with Gasteiger partial charge in [0.15, 0.2) is 0 Å². The molecular formula is C36H39BrFN3O6. The van der Waals surface area contributed by atoms with Crippen LogP contribution in [-0.2, 0) is 16.1 Å². The summed E-state index contributed by atoms with van der Waals surface area (Å²) in [5, 5.41) is 3.64. The van der Waals surface area contributed by atoms with E-state index in [4.69, 9.17) is 18.9 Å². The molecule has 2 amide bonds. The van der Waals surface area contributed by atoms with E-state index in [-0.39, 0.29) is 49.0 Å². The molecule has 0 radical (unpaired) electrons. The predicted octanol–water partition coefficient (Wildman–Crippen LogP) is 5.60. The SMILES string of the molecule is COc1cc(CN(C(=O)C2=C(c3ccc(OCCOc4cc(F)ccc4Br)cc3)C[C@@H]3CN(C(C)=O)C[C@H]2N3)C2CC2)cc(OC)c1. The molecule has 1 aliphatic carbocycles. The minimum atomic E-state index is -0.372. The van der Waals surface area contributed by atoms with Gasteiger partial charge in [-0.05, 0) is 88.3 Å². The number of amides is 2. The summed E-state index contributed by atoms with van der Waals surface area (Å²) < 4.78 is 36.8. The van der Waals surface area contributed by atoms with E-state index in [1.807, 2.05) is 52.3 Å². The molecule has 3 aliphatic rings. The first-order chi connectivity index (χ1) is 22.7. The van der Waals surface area contributed by atoms with Gasteiger partial charge < -0.3 is 34.1 Å². The maximum Gasteiger partial charge on any atom is 0.252 e. The molecule has 1 saturated carbocycles. The number of ether oxygens (including phenoxy) is 4. The Balaban J connectivity index is 1.24. The number of nitrogens with one attached hydrogen (secondary N) is 1. The Morgan fingerprint density at radius 1 is 0.936 bits per heavy atom. The Morgan fingerprint density at radius 3 is 2.30 bits per heavy atom. The second kappa shape index (κ2) is 14.4. The highest BCUT2D eigenvalue weighted by Crippen LogP contribution is 2.38. The average Bonchev–Trinajstić information content (AvgIpc) is 3.92. The van der Waals surface area contributed by atoms with Crippen molar-refractivity contribution in [2.45, 2.75) is 50.9 Å². The first-order valence-electron chi connectivity index (χ1n) is 15.8. The topological polar surface area (TPSA) is 89.6 Å². The highest BCUT2D eigenvalue weighted by Gasteiger charge is 2.43. The number of fused-ring (bicyclic) bond motifs is 2. The molecule has 11 heteroatoms. The van der Waals surface area contributed by atoms with Crippen molar-refractivity contribution in [1.82, 2.24) is 15.1 Å². The monoisotopic (exact) mass is 707 g/mol. The number of hydrogen-bond acceptors (Lipinski definition) is 7. The van der Waals surface area contributed by atoms with Crippen molar-refractivity contribution in [3.05, 3.63) is 87.7 Å². The Morgan fingerprint density at radius 2 is 1.64 bits per heavy atom. The lowest BCUT2D eigenvalue weighted by Crippen LogP contribution is -2.61. The number of carbonyl (C=O) groups is 2. The molecule has 1 N–H and O–H groups in total. The molecule has 47 heavy (non-hydrogen) atoms. The van der Waals surface area contributed by atoms with Gasteiger partial charge in [0.2, 0.25) is 5.91 Å². The van der Waals surface area contributed by atoms with E-state index < -0.39 is 0 Å². The van der Waals surface area contributed by atoms with E-state index in [2.05, 4.69) is 21.2 Å². The van der Waals surface area contributed by atoms with Gasteiger partial charge in [-0.1, -0.05) is 12.1 Å². The number of halogens is 2. The van der Waals surface area contributed by atoms with Gasteiger partial charge >= 0.3 is 0 Å². The second-order valence-corrected chi connectivity index (χ2v) is 13.0. The van der Waals surface area contributed by atoms with Crippen molar-refractivity contribution in [3.8, 4) is 23.0 Å². The minimum Gasteiger partial charge on any atom is -0.497 e. The smallest absolute Gasteiger partial charge is 0.252 e. The lowest BCUT2D eigenvalue weighted by atomic mass is 9.82. The van der Waals surface area contributed by atoms with Crippen LogP contribution < -0.4 is 24.3 Å². The lowest BCUT2D eigenvalue weighted by Gasteiger charge is -2.44. The summed E-state index contributed by atoms with van der Waals surface area (Å²) in [5.41, 5.74) is 3.57. The van der Waals surface area contributed by atoms with Crippen LogP contribution in [0.4, 0.5) is 4.39 Å². The van der Waals surface area contributed by atoms with Crippen LogP contribution in [-0.4, -0.2) is 80.3 Å². The van der Waals surface area contributed by atoms with Crippen LogP contribution in [0.2, 0.25) is 0 Å². The van der Waals surface area contributed by atoms with E-state index in [9.17, 15) is 14.0 Å². The Hall–Kier alpha value is -4.09. The van der Waals surface area contributed by atoms with E-state index in [0.717, 1.165) is 29.5 Å². The van der Waals surface area contributed by atoms with Gasteiger partial charge in [-0.2, -0.15) is 0 Å². The summed E-state index contributed by atoms with van der Waals surface area (Å²) in [6.45, 7) is 3.54. The third kappa shape index (κ3) is 7.73. The fourth-order valence-corrected chi connectivity index (χ4v) is 6.70. The zero-order chi connectivity index (χ0) is 33.1. The summed E-state index contributed by atoms with van der Waals surface area (Å²) >= 11 is 3.37. The fourth-order valence-electron chi connectivity index (χ4n) is 6.34. The van der Waals surface area contributed by atoms with Crippen molar-refractivity contribution in [3.63, 3.8) is 0 Å². The molecule has 6 rings (SSSR count). The number of nitrogens with zero attached hydrogens (tertiary/aromatic N) is 2. The normalized spacial score (nSPS) is 18.9. The first kappa shape index (κ1) is 32.8. The van der Waals surface area contributed by atoms with Gasteiger partial charge in [-0.25, -0.2) is 4.39 Å². The van der Waals surface area contributed by atoms with E-state index in [0.29, 0.717) is 59.1 Å². The van der Waals surface area contributed by atoms with Crippen LogP contribution in [0.15, 0.2) is 70.7 Å². The van der Waals surface area contributed by atoms with Crippen LogP contribution in [0.1, 0.15) is 37.3 Å². The zero-order valence-electron chi connectivity index (χ0n) is 26.8. The number of methoxy groups -OCH3 is 2. The van der Waals surface area contributed by atoms with Crippen molar-refractivity contribution in [1.29, 1.82) is 0 Å². The summed E-state index contributed by atoms with van der Waals surface area (Å²) in [7, 11) is 3.23. The number of carbonyl (C=O) groups excluding carboxylic acids is 2. The van der Waals surface area contributed by atoms with Crippen molar-refractivity contribution in [2.75, 3.05) is 40.5 Å². The molecule has 2 atom stereocenters. The van der Waals surface area contributed by atoms with Crippen molar-refractivity contribution >= 4 is 33.3 Å². The van der Waals surface area contributed by atoms with E-state index in [1.165, 1.54) is 12.1 Å². The third-order valence-electron chi connectivity index (χ3n) is 8.80. The van der Waals surface area contributed by atoms with Crippen LogP contribution in [0.5, 0.6) is 23.0 Å². The lowest BCUT2D eigenvalue weighted by molar-refractivity contribution is -0.132. The van der Waals surface area contributed by atoms with Gasteiger partial charge in [0, 0.05) is 56.3 Å². The van der Waals surface area contributed by atoms with Crippen LogP contribution in [0.25, 0.3) is 5.57 Å². The summed E-state index contributed by atoms with van der Waals surface area (Å²) in [5.74, 6) is 2.03.